The molecule has 146 valence electrons. The Hall–Kier alpha value is -2.93. The van der Waals surface area contributed by atoms with Gasteiger partial charge in [-0.1, -0.05) is 0 Å². The van der Waals surface area contributed by atoms with Gasteiger partial charge in [0.2, 0.25) is 0 Å². The van der Waals surface area contributed by atoms with Crippen LogP contribution in [0.4, 0.5) is 17.3 Å². The topological polar surface area (TPSA) is 75.2 Å². The average molecular weight is 378 g/mol. The lowest BCUT2D eigenvalue weighted by molar-refractivity contribution is 0.161. The fraction of sp³-hybridized carbons (Fsp3) is 0.381. The third-order valence-electron chi connectivity index (χ3n) is 4.98. The predicted molar refractivity (Wildman–Crippen MR) is 113 cm³/mol. The molecule has 0 amide bonds. The van der Waals surface area contributed by atoms with Gasteiger partial charge in [0.25, 0.3) is 0 Å². The van der Waals surface area contributed by atoms with Gasteiger partial charge in [-0.15, -0.1) is 0 Å². The van der Waals surface area contributed by atoms with Crippen LogP contribution in [0.5, 0.6) is 5.75 Å². The minimum atomic E-state index is 0.293. The number of fused-ring (bicyclic) bond motifs is 1. The number of hydrogen-bond donors (Lipinski definition) is 2. The lowest BCUT2D eigenvalue weighted by atomic mass is 10.1. The summed E-state index contributed by atoms with van der Waals surface area (Å²) in [5.74, 6) is 2.58. The molecule has 0 aliphatic carbocycles. The number of piperidine rings is 1. The first-order valence-electron chi connectivity index (χ1n) is 9.63. The van der Waals surface area contributed by atoms with Crippen LogP contribution in [0.2, 0.25) is 0 Å². The highest BCUT2D eigenvalue weighted by Gasteiger charge is 2.15. The summed E-state index contributed by atoms with van der Waals surface area (Å²) < 4.78 is 6.20. The highest BCUT2D eigenvalue weighted by atomic mass is 16.5. The largest absolute Gasteiger partial charge is 0.490 e. The fourth-order valence-electron chi connectivity index (χ4n) is 3.38. The third-order valence-corrected chi connectivity index (χ3v) is 4.98. The fourth-order valence-corrected chi connectivity index (χ4v) is 3.38. The lowest BCUT2D eigenvalue weighted by Crippen LogP contribution is -2.34. The SMILES string of the molecule is Cc1cc(Nc2ncnc3cnc(N(C)C)cc23)ccc1OC1CCNCC1. The molecule has 3 heterocycles. The van der Waals surface area contributed by atoms with Crippen molar-refractivity contribution in [3.8, 4) is 5.75 Å². The number of rotatable bonds is 5. The molecular weight excluding hydrogens is 352 g/mol. The molecule has 1 aromatic carbocycles. The van der Waals surface area contributed by atoms with E-state index in [4.69, 9.17) is 4.74 Å². The van der Waals surface area contributed by atoms with Crippen LogP contribution < -0.4 is 20.3 Å². The minimum Gasteiger partial charge on any atom is -0.490 e. The van der Waals surface area contributed by atoms with E-state index in [2.05, 4.69) is 38.6 Å². The van der Waals surface area contributed by atoms with Crippen molar-refractivity contribution in [1.29, 1.82) is 0 Å². The van der Waals surface area contributed by atoms with Gasteiger partial charge >= 0.3 is 0 Å². The Bertz CT molecular complexity index is 968. The molecule has 28 heavy (non-hydrogen) atoms. The van der Waals surface area contributed by atoms with Gasteiger partial charge in [0.15, 0.2) is 0 Å². The summed E-state index contributed by atoms with van der Waals surface area (Å²) in [5, 5.41) is 7.73. The van der Waals surface area contributed by atoms with Crippen molar-refractivity contribution in [3.63, 3.8) is 0 Å². The second-order valence-electron chi connectivity index (χ2n) is 7.35. The van der Waals surface area contributed by atoms with Crippen molar-refractivity contribution in [2.75, 3.05) is 37.4 Å². The molecule has 0 atom stereocenters. The van der Waals surface area contributed by atoms with Crippen molar-refractivity contribution in [3.05, 3.63) is 42.4 Å². The molecular formula is C21H26N6O. The van der Waals surface area contributed by atoms with E-state index in [0.29, 0.717) is 6.10 Å². The van der Waals surface area contributed by atoms with Crippen LogP contribution in [0.15, 0.2) is 36.8 Å². The Morgan fingerprint density at radius 2 is 1.93 bits per heavy atom. The highest BCUT2D eigenvalue weighted by molar-refractivity contribution is 5.91. The molecule has 0 spiro atoms. The normalized spacial score (nSPS) is 14.8. The summed E-state index contributed by atoms with van der Waals surface area (Å²) >= 11 is 0. The third kappa shape index (κ3) is 3.99. The van der Waals surface area contributed by atoms with Crippen LogP contribution in [-0.4, -0.2) is 48.2 Å². The van der Waals surface area contributed by atoms with Crippen molar-refractivity contribution < 1.29 is 4.74 Å². The molecule has 0 bridgehead atoms. The van der Waals surface area contributed by atoms with Gasteiger partial charge in [-0.3, -0.25) is 0 Å². The molecule has 0 saturated carbocycles. The summed E-state index contributed by atoms with van der Waals surface area (Å²) in [5.41, 5.74) is 2.89. The first-order valence-corrected chi connectivity index (χ1v) is 9.63. The Balaban J connectivity index is 1.57. The van der Waals surface area contributed by atoms with E-state index in [1.165, 1.54) is 0 Å². The quantitative estimate of drug-likeness (QED) is 0.706. The first kappa shape index (κ1) is 18.4. The molecule has 2 N–H and O–H groups in total. The maximum absolute atomic E-state index is 6.20. The molecule has 7 heteroatoms. The number of anilines is 3. The molecule has 2 aromatic heterocycles. The van der Waals surface area contributed by atoms with Crippen molar-refractivity contribution in [1.82, 2.24) is 20.3 Å². The zero-order valence-corrected chi connectivity index (χ0v) is 16.6. The van der Waals surface area contributed by atoms with Crippen LogP contribution in [0, 0.1) is 6.92 Å². The van der Waals surface area contributed by atoms with Crippen LogP contribution in [0.25, 0.3) is 10.9 Å². The lowest BCUT2D eigenvalue weighted by Gasteiger charge is -2.24. The van der Waals surface area contributed by atoms with E-state index in [1.54, 1.807) is 12.5 Å². The molecule has 7 nitrogen and oxygen atoms in total. The molecule has 0 unspecified atom stereocenters. The molecule has 1 fully saturated rings. The Morgan fingerprint density at radius 3 is 2.68 bits per heavy atom. The molecule has 4 rings (SSSR count). The molecule has 3 aromatic rings. The smallest absolute Gasteiger partial charge is 0.141 e. The van der Waals surface area contributed by atoms with Crippen molar-refractivity contribution in [2.45, 2.75) is 25.9 Å². The number of pyridine rings is 1. The summed E-state index contributed by atoms with van der Waals surface area (Å²) in [4.78, 5) is 15.2. The summed E-state index contributed by atoms with van der Waals surface area (Å²) in [7, 11) is 3.94. The second-order valence-corrected chi connectivity index (χ2v) is 7.35. The Morgan fingerprint density at radius 1 is 1.11 bits per heavy atom. The molecule has 1 saturated heterocycles. The number of hydrogen-bond acceptors (Lipinski definition) is 7. The highest BCUT2D eigenvalue weighted by Crippen LogP contribution is 2.29. The summed E-state index contributed by atoms with van der Waals surface area (Å²) in [6.45, 7) is 4.12. The molecule has 1 aliphatic heterocycles. The van der Waals surface area contributed by atoms with E-state index in [9.17, 15) is 0 Å². The second kappa shape index (κ2) is 7.98. The monoisotopic (exact) mass is 378 g/mol. The first-order chi connectivity index (χ1) is 13.6. The standard InChI is InChI=1S/C21H26N6O/c1-14-10-15(4-5-19(14)28-16-6-8-22-9-7-16)26-21-17-11-20(27(2)3)23-12-18(17)24-13-25-21/h4-5,10-13,16,22H,6-9H2,1-3H3,(H,24,25,26). The van der Waals surface area contributed by atoms with Gasteiger partial charge in [0.1, 0.15) is 29.8 Å². The van der Waals surface area contributed by atoms with Gasteiger partial charge in [0.05, 0.1) is 11.7 Å². The van der Waals surface area contributed by atoms with Crippen LogP contribution in [-0.2, 0) is 0 Å². The molecule has 0 radical (unpaired) electrons. The van der Waals surface area contributed by atoms with E-state index in [1.807, 2.05) is 37.2 Å². The maximum Gasteiger partial charge on any atom is 0.141 e. The van der Waals surface area contributed by atoms with E-state index < -0.39 is 0 Å². The van der Waals surface area contributed by atoms with Gasteiger partial charge in [-0.2, -0.15) is 0 Å². The zero-order valence-electron chi connectivity index (χ0n) is 16.6. The van der Waals surface area contributed by atoms with Crippen LogP contribution >= 0.6 is 0 Å². The predicted octanol–water partition coefficient (Wildman–Crippen LogP) is 3.27. The summed E-state index contributed by atoms with van der Waals surface area (Å²) in [6.07, 6.45) is 5.73. The Labute approximate surface area is 165 Å². The van der Waals surface area contributed by atoms with Crippen molar-refractivity contribution >= 4 is 28.2 Å². The van der Waals surface area contributed by atoms with Gasteiger partial charge in [-0.25, -0.2) is 15.0 Å². The molecule has 1 aliphatic rings. The number of nitrogens with zero attached hydrogens (tertiary/aromatic N) is 4. The van der Waals surface area contributed by atoms with Gasteiger partial charge < -0.3 is 20.3 Å². The van der Waals surface area contributed by atoms with E-state index >= 15 is 0 Å². The van der Waals surface area contributed by atoms with E-state index in [-0.39, 0.29) is 0 Å². The van der Waals surface area contributed by atoms with Crippen LogP contribution in [0.1, 0.15) is 18.4 Å². The Kier molecular flexibility index (Phi) is 5.25. The number of benzene rings is 1. The number of nitrogens with one attached hydrogen (secondary N) is 2. The number of aryl methyl sites for hydroxylation is 1. The van der Waals surface area contributed by atoms with Gasteiger partial charge in [0, 0.05) is 25.2 Å². The zero-order chi connectivity index (χ0) is 19.5. The maximum atomic E-state index is 6.20. The van der Waals surface area contributed by atoms with Gasteiger partial charge in [-0.05, 0) is 62.7 Å². The average Bonchev–Trinajstić information content (AvgIpc) is 2.71. The van der Waals surface area contributed by atoms with Crippen molar-refractivity contribution in [2.24, 2.45) is 0 Å². The summed E-state index contributed by atoms with van der Waals surface area (Å²) in [6, 6.07) is 8.17. The van der Waals surface area contributed by atoms with Crippen LogP contribution in [0.3, 0.4) is 0 Å². The number of ether oxygens (including phenoxy) is 1. The number of aromatic nitrogens is 3. The van der Waals surface area contributed by atoms with E-state index in [0.717, 1.165) is 65.5 Å². The minimum absolute atomic E-state index is 0.293.